The van der Waals surface area contributed by atoms with Crippen LogP contribution >= 0.6 is 11.8 Å². The Kier molecular flexibility index (Phi) is 9.55. The summed E-state index contributed by atoms with van der Waals surface area (Å²) in [6.07, 6.45) is 6.89. The normalized spacial score (nSPS) is 19.3. The van der Waals surface area contributed by atoms with E-state index in [1.54, 1.807) is 18.9 Å². The highest BCUT2D eigenvalue weighted by atomic mass is 32.2. The number of aliphatic carboxylic acids is 1. The van der Waals surface area contributed by atoms with Gasteiger partial charge in [-0.15, -0.1) is 11.8 Å². The predicted molar refractivity (Wildman–Crippen MR) is 145 cm³/mol. The molecule has 2 N–H and O–H groups in total. The highest BCUT2D eigenvalue weighted by Gasteiger charge is 2.31. The third-order valence-corrected chi connectivity index (χ3v) is 8.16. The van der Waals surface area contributed by atoms with Gasteiger partial charge in [-0.25, -0.2) is 4.98 Å². The van der Waals surface area contributed by atoms with Gasteiger partial charge in [0.1, 0.15) is 5.75 Å². The lowest BCUT2D eigenvalue weighted by Crippen LogP contribution is -2.42. The zero-order valence-electron chi connectivity index (χ0n) is 21.1. The maximum Gasteiger partial charge on any atom is 0.303 e. The molecule has 3 heterocycles. The number of fused-ring (bicyclic) bond motifs is 1. The lowest BCUT2D eigenvalue weighted by molar-refractivity contribution is -0.139. The van der Waals surface area contributed by atoms with E-state index in [1.807, 2.05) is 49.8 Å². The number of carbonyl (C=O) groups is 1. The molecule has 1 aromatic carbocycles. The van der Waals surface area contributed by atoms with Crippen molar-refractivity contribution in [3.63, 3.8) is 0 Å². The molecule has 2 aromatic heterocycles. The van der Waals surface area contributed by atoms with E-state index in [-0.39, 0.29) is 18.4 Å². The van der Waals surface area contributed by atoms with Crippen LogP contribution in [0, 0.1) is 11.8 Å². The molecule has 0 radical (unpaired) electrons. The molecule has 0 bridgehead atoms. The molecule has 0 amide bonds. The molecule has 3 atom stereocenters. The molecule has 3 aromatic rings. The number of thioether (sulfide) groups is 1. The standard InChI is InChI=1S/C28H36N4O3S/c1-29-25(23-10-13-30-26-9-7-22(35-2)18-24(23)26)8-6-20-11-14-32(19-21(20)17-28(33)34)15-16-36-27-5-3-4-12-31-27/h3-5,7,9-10,12-13,18,20-21,25,29H,6,8,11,14-17,19H2,1-2H3,(H,33,34)/t20-,21+,25-/m1/s1. The predicted octanol–water partition coefficient (Wildman–Crippen LogP) is 4.88. The average molecular weight is 509 g/mol. The highest BCUT2D eigenvalue weighted by molar-refractivity contribution is 7.99. The molecule has 36 heavy (non-hydrogen) atoms. The third-order valence-electron chi connectivity index (χ3n) is 7.24. The first kappa shape index (κ1) is 26.4. The largest absolute Gasteiger partial charge is 0.497 e. The maximum atomic E-state index is 11.7. The number of likely N-dealkylation sites (tertiary alicyclic amines) is 1. The van der Waals surface area contributed by atoms with Crippen molar-refractivity contribution in [2.45, 2.75) is 36.8 Å². The molecule has 1 fully saturated rings. The molecule has 0 aliphatic carbocycles. The summed E-state index contributed by atoms with van der Waals surface area (Å²) in [5, 5.41) is 15.2. The summed E-state index contributed by atoms with van der Waals surface area (Å²) >= 11 is 1.76. The monoisotopic (exact) mass is 508 g/mol. The molecule has 4 rings (SSSR count). The van der Waals surface area contributed by atoms with Crippen molar-refractivity contribution in [1.29, 1.82) is 0 Å². The third kappa shape index (κ3) is 6.96. The van der Waals surface area contributed by atoms with Gasteiger partial charge in [-0.1, -0.05) is 6.07 Å². The fourth-order valence-electron chi connectivity index (χ4n) is 5.32. The highest BCUT2D eigenvalue weighted by Crippen LogP contribution is 2.35. The Morgan fingerprint density at radius 2 is 2.11 bits per heavy atom. The maximum absolute atomic E-state index is 11.7. The topological polar surface area (TPSA) is 87.6 Å². The summed E-state index contributed by atoms with van der Waals surface area (Å²) < 4.78 is 5.45. The van der Waals surface area contributed by atoms with Gasteiger partial charge in [0.25, 0.3) is 0 Å². The molecule has 1 aliphatic rings. The van der Waals surface area contributed by atoms with Gasteiger partial charge in [0.05, 0.1) is 17.7 Å². The van der Waals surface area contributed by atoms with Crippen LogP contribution in [-0.4, -0.2) is 65.5 Å². The summed E-state index contributed by atoms with van der Waals surface area (Å²) in [7, 11) is 3.67. The quantitative estimate of drug-likeness (QED) is 0.335. The zero-order chi connectivity index (χ0) is 25.3. The second-order valence-corrected chi connectivity index (χ2v) is 10.5. The zero-order valence-corrected chi connectivity index (χ0v) is 21.9. The lowest BCUT2D eigenvalue weighted by Gasteiger charge is -2.38. The SMILES string of the molecule is CN[C@H](CC[C@@H]1CCN(CCSc2ccccn2)C[C@@H]1CC(=O)O)c1ccnc2ccc(OC)cc12. The number of methoxy groups -OCH3 is 1. The van der Waals surface area contributed by atoms with Crippen molar-refractivity contribution in [3.8, 4) is 5.75 Å². The Bertz CT molecular complexity index is 1130. The van der Waals surface area contributed by atoms with Crippen LogP contribution in [0.25, 0.3) is 10.9 Å². The van der Waals surface area contributed by atoms with E-state index in [4.69, 9.17) is 4.74 Å². The van der Waals surface area contributed by atoms with Gasteiger partial charge in [0.15, 0.2) is 0 Å². The second kappa shape index (κ2) is 13.0. The fourth-order valence-corrected chi connectivity index (χ4v) is 6.19. The Hall–Kier alpha value is -2.68. The average Bonchev–Trinajstić information content (AvgIpc) is 2.90. The first-order valence-corrected chi connectivity index (χ1v) is 13.6. The Morgan fingerprint density at radius 3 is 2.86 bits per heavy atom. The van der Waals surface area contributed by atoms with Crippen LogP contribution in [0.2, 0.25) is 0 Å². The van der Waals surface area contributed by atoms with Gasteiger partial charge in [-0.2, -0.15) is 0 Å². The van der Waals surface area contributed by atoms with Crippen molar-refractivity contribution in [2.75, 3.05) is 39.5 Å². The molecular weight excluding hydrogens is 472 g/mol. The van der Waals surface area contributed by atoms with Gasteiger partial charge in [0.2, 0.25) is 0 Å². The van der Waals surface area contributed by atoms with Crippen LogP contribution in [-0.2, 0) is 4.79 Å². The van der Waals surface area contributed by atoms with E-state index in [1.165, 1.54) is 5.56 Å². The minimum absolute atomic E-state index is 0.167. The van der Waals surface area contributed by atoms with Crippen molar-refractivity contribution in [1.82, 2.24) is 20.2 Å². The Balaban J connectivity index is 1.38. The smallest absolute Gasteiger partial charge is 0.303 e. The van der Waals surface area contributed by atoms with Crippen LogP contribution in [0.3, 0.4) is 0 Å². The number of aromatic nitrogens is 2. The van der Waals surface area contributed by atoms with Gasteiger partial charge in [-0.05, 0) is 86.7 Å². The van der Waals surface area contributed by atoms with E-state index in [0.29, 0.717) is 5.92 Å². The fraction of sp³-hybridized carbons (Fsp3) is 0.464. The van der Waals surface area contributed by atoms with Crippen LogP contribution in [0.15, 0.2) is 59.9 Å². The van der Waals surface area contributed by atoms with Gasteiger partial charge in [0, 0.05) is 49.1 Å². The molecule has 8 heteroatoms. The van der Waals surface area contributed by atoms with Gasteiger partial charge >= 0.3 is 5.97 Å². The summed E-state index contributed by atoms with van der Waals surface area (Å²) in [6, 6.07) is 14.2. The van der Waals surface area contributed by atoms with Crippen molar-refractivity contribution in [2.24, 2.45) is 11.8 Å². The van der Waals surface area contributed by atoms with Gasteiger partial charge < -0.3 is 20.1 Å². The summed E-state index contributed by atoms with van der Waals surface area (Å²) in [5.74, 6) is 1.65. The molecular formula is C28H36N4O3S. The van der Waals surface area contributed by atoms with E-state index in [9.17, 15) is 9.90 Å². The first-order valence-electron chi connectivity index (χ1n) is 12.6. The number of benzene rings is 1. The minimum Gasteiger partial charge on any atom is -0.497 e. The molecule has 1 saturated heterocycles. The van der Waals surface area contributed by atoms with E-state index < -0.39 is 5.97 Å². The minimum atomic E-state index is -0.702. The number of rotatable bonds is 12. The van der Waals surface area contributed by atoms with Crippen LogP contribution in [0.4, 0.5) is 0 Å². The first-order chi connectivity index (χ1) is 17.6. The molecule has 7 nitrogen and oxygen atoms in total. The lowest BCUT2D eigenvalue weighted by atomic mass is 9.79. The van der Waals surface area contributed by atoms with Crippen LogP contribution in [0.1, 0.15) is 37.3 Å². The molecule has 0 unspecified atom stereocenters. The summed E-state index contributed by atoms with van der Waals surface area (Å²) in [6.45, 7) is 2.82. The number of carboxylic acids is 1. The van der Waals surface area contributed by atoms with Crippen LogP contribution < -0.4 is 10.1 Å². The molecule has 0 saturated carbocycles. The summed E-state index contributed by atoms with van der Waals surface area (Å²) in [5.41, 5.74) is 2.16. The van der Waals surface area contributed by atoms with Crippen molar-refractivity contribution >= 4 is 28.6 Å². The number of nitrogens with zero attached hydrogens (tertiary/aromatic N) is 3. The Labute approximate surface area is 217 Å². The second-order valence-electron chi connectivity index (χ2n) is 9.43. The molecule has 0 spiro atoms. The number of ether oxygens (including phenoxy) is 1. The molecule has 192 valence electrons. The van der Waals surface area contributed by atoms with Crippen molar-refractivity contribution in [3.05, 3.63) is 60.4 Å². The number of nitrogens with one attached hydrogen (secondary N) is 1. The summed E-state index contributed by atoms with van der Waals surface area (Å²) in [4.78, 5) is 23.0. The number of piperidine rings is 1. The Morgan fingerprint density at radius 1 is 1.22 bits per heavy atom. The van der Waals surface area contributed by atoms with E-state index in [2.05, 4.69) is 32.3 Å². The van der Waals surface area contributed by atoms with E-state index in [0.717, 1.165) is 66.3 Å². The van der Waals surface area contributed by atoms with Crippen LogP contribution in [0.5, 0.6) is 5.75 Å². The number of hydrogen-bond donors (Lipinski definition) is 2. The number of pyridine rings is 2. The van der Waals surface area contributed by atoms with Gasteiger partial charge in [-0.3, -0.25) is 9.78 Å². The van der Waals surface area contributed by atoms with E-state index >= 15 is 0 Å². The number of carboxylic acid groups (broad SMARTS) is 1. The molecule has 1 aliphatic heterocycles. The number of hydrogen-bond acceptors (Lipinski definition) is 7. The van der Waals surface area contributed by atoms with Crippen molar-refractivity contribution < 1.29 is 14.6 Å².